The minimum absolute atomic E-state index is 0.322. The van der Waals surface area contributed by atoms with Crippen LogP contribution in [0.1, 0.15) is 6.92 Å². The summed E-state index contributed by atoms with van der Waals surface area (Å²) in [6.45, 7) is 0.429. The van der Waals surface area contributed by atoms with Crippen molar-refractivity contribution in [3.05, 3.63) is 0 Å². The lowest BCUT2D eigenvalue weighted by molar-refractivity contribution is -0.118. The predicted molar refractivity (Wildman–Crippen MR) is 37.4 cm³/mol. The molecule has 1 N–H and O–H groups in total. The maximum atomic E-state index is 11.4. The van der Waals surface area contributed by atoms with Gasteiger partial charge in [0.05, 0.1) is 0 Å². The highest BCUT2D eigenvalue weighted by molar-refractivity contribution is 5.81. The second kappa shape index (κ2) is 4.10. The summed E-state index contributed by atoms with van der Waals surface area (Å²) in [7, 11) is 0. The summed E-state index contributed by atoms with van der Waals surface area (Å²) < 4.78 is 34.3. The molecule has 0 aromatic carbocycles. The van der Waals surface area contributed by atoms with E-state index in [1.54, 1.807) is 6.92 Å². The minimum atomic E-state index is -4.24. The molecular weight excluding hydrogens is 157 g/mol. The van der Waals surface area contributed by atoms with E-state index >= 15 is 0 Å². The van der Waals surface area contributed by atoms with Crippen LogP contribution in [0.3, 0.4) is 0 Å². The van der Waals surface area contributed by atoms with Crippen LogP contribution < -0.4 is 0 Å². The van der Waals surface area contributed by atoms with Gasteiger partial charge in [0, 0.05) is 18.3 Å². The molecule has 0 spiro atoms. The van der Waals surface area contributed by atoms with Gasteiger partial charge in [0.15, 0.2) is 0 Å². The molecule has 0 aliphatic carbocycles. The number of hydrogen-bond acceptors (Lipinski definition) is 2. The highest BCUT2D eigenvalue weighted by atomic mass is 19.4. The quantitative estimate of drug-likeness (QED) is 0.622. The first-order chi connectivity index (χ1) is 4.95. The van der Waals surface area contributed by atoms with Crippen LogP contribution in [0.15, 0.2) is 4.99 Å². The Kier molecular flexibility index (Phi) is 3.78. The van der Waals surface area contributed by atoms with Crippen molar-refractivity contribution >= 4 is 12.4 Å². The van der Waals surface area contributed by atoms with Gasteiger partial charge in [-0.05, 0) is 0 Å². The van der Waals surface area contributed by atoms with Crippen LogP contribution in [0.2, 0.25) is 0 Å². The van der Waals surface area contributed by atoms with Crippen molar-refractivity contribution in [2.24, 2.45) is 10.9 Å². The predicted octanol–water partition coefficient (Wildman–Crippen LogP) is 1.91. The third-order valence-electron chi connectivity index (χ3n) is 0.874. The van der Waals surface area contributed by atoms with E-state index in [4.69, 9.17) is 5.41 Å². The van der Waals surface area contributed by atoms with E-state index in [2.05, 4.69) is 4.99 Å². The van der Waals surface area contributed by atoms with Gasteiger partial charge in [-0.25, -0.2) is 0 Å². The first kappa shape index (κ1) is 10.1. The lowest BCUT2D eigenvalue weighted by Crippen LogP contribution is -2.12. The number of nitrogens with one attached hydrogen (secondary N) is 1. The van der Waals surface area contributed by atoms with E-state index in [9.17, 15) is 13.2 Å². The molecule has 1 atom stereocenters. The van der Waals surface area contributed by atoms with Crippen LogP contribution in [0, 0.1) is 11.3 Å². The molecule has 0 aromatic heterocycles. The van der Waals surface area contributed by atoms with Crippen molar-refractivity contribution in [2.45, 2.75) is 13.1 Å². The Morgan fingerprint density at radius 1 is 1.55 bits per heavy atom. The van der Waals surface area contributed by atoms with Crippen molar-refractivity contribution in [1.29, 1.82) is 5.41 Å². The molecule has 2 nitrogen and oxygen atoms in total. The zero-order chi connectivity index (χ0) is 8.91. The summed E-state index contributed by atoms with van der Waals surface area (Å²) in [5, 5.41) is 6.65. The second-order valence-corrected chi connectivity index (χ2v) is 2.13. The molecular formula is C6H9F3N2. The summed E-state index contributed by atoms with van der Waals surface area (Å²) >= 11 is 0. The van der Waals surface area contributed by atoms with E-state index < -0.39 is 12.7 Å². The number of halogens is 3. The molecule has 64 valence electrons. The Balaban J connectivity index is 3.69. The third-order valence-corrected chi connectivity index (χ3v) is 0.874. The van der Waals surface area contributed by atoms with Gasteiger partial charge in [-0.2, -0.15) is 13.2 Å². The Morgan fingerprint density at radius 3 is 2.45 bits per heavy atom. The number of aliphatic imine (C=N–C) groups is 1. The lowest BCUT2D eigenvalue weighted by Gasteiger charge is -2.00. The van der Waals surface area contributed by atoms with Crippen molar-refractivity contribution in [3.8, 4) is 0 Å². The fourth-order valence-electron chi connectivity index (χ4n) is 0.366. The zero-order valence-corrected chi connectivity index (χ0v) is 6.02. The van der Waals surface area contributed by atoms with Crippen molar-refractivity contribution in [1.82, 2.24) is 0 Å². The fourth-order valence-corrected chi connectivity index (χ4v) is 0.366. The number of nitrogens with zero attached hydrogens (tertiary/aromatic N) is 1. The summed E-state index contributed by atoms with van der Waals surface area (Å²) in [6.07, 6.45) is -2.10. The molecule has 0 amide bonds. The van der Waals surface area contributed by atoms with Crippen LogP contribution >= 0.6 is 0 Å². The van der Waals surface area contributed by atoms with Crippen LogP contribution in [0.5, 0.6) is 0 Å². The standard InChI is InChI=1S/C6H9F3N2/c1-5(2-10)3-11-4-6(7,8)9/h2-3,5,10H,4H2,1H3. The molecule has 0 fully saturated rings. The molecule has 0 bridgehead atoms. The Labute approximate surface area is 62.6 Å². The van der Waals surface area contributed by atoms with Gasteiger partial charge in [0.2, 0.25) is 0 Å². The smallest absolute Gasteiger partial charge is 0.312 e. The van der Waals surface area contributed by atoms with Gasteiger partial charge >= 0.3 is 6.18 Å². The SMILES string of the molecule is CC(C=N)C=NCC(F)(F)F. The Morgan fingerprint density at radius 2 is 2.09 bits per heavy atom. The van der Waals surface area contributed by atoms with E-state index in [0.717, 1.165) is 12.4 Å². The largest absolute Gasteiger partial charge is 0.407 e. The topological polar surface area (TPSA) is 36.2 Å². The highest BCUT2D eigenvalue weighted by Gasteiger charge is 2.25. The first-order valence-electron chi connectivity index (χ1n) is 3.03. The van der Waals surface area contributed by atoms with Gasteiger partial charge in [-0.15, -0.1) is 0 Å². The van der Waals surface area contributed by atoms with Crippen LogP contribution in [-0.2, 0) is 0 Å². The lowest BCUT2D eigenvalue weighted by atomic mass is 10.2. The van der Waals surface area contributed by atoms with Gasteiger partial charge in [0.25, 0.3) is 0 Å². The molecule has 0 heterocycles. The molecule has 5 heteroatoms. The van der Waals surface area contributed by atoms with Crippen LogP contribution in [0.4, 0.5) is 13.2 Å². The minimum Gasteiger partial charge on any atom is -0.312 e. The van der Waals surface area contributed by atoms with E-state index in [1.807, 2.05) is 0 Å². The molecule has 11 heavy (non-hydrogen) atoms. The normalized spacial score (nSPS) is 15.3. The summed E-state index contributed by atoms with van der Waals surface area (Å²) in [6, 6.07) is 0. The molecule has 0 aliphatic heterocycles. The van der Waals surface area contributed by atoms with Gasteiger partial charge < -0.3 is 5.41 Å². The van der Waals surface area contributed by atoms with Crippen LogP contribution in [0.25, 0.3) is 0 Å². The Bertz CT molecular complexity index is 150. The maximum absolute atomic E-state index is 11.4. The Hall–Kier alpha value is -0.870. The number of hydrogen-bond donors (Lipinski definition) is 1. The second-order valence-electron chi connectivity index (χ2n) is 2.13. The van der Waals surface area contributed by atoms with E-state index in [-0.39, 0.29) is 5.92 Å². The molecule has 0 radical (unpaired) electrons. The molecule has 0 rings (SSSR count). The van der Waals surface area contributed by atoms with Gasteiger partial charge in [-0.3, -0.25) is 4.99 Å². The van der Waals surface area contributed by atoms with Crippen LogP contribution in [-0.4, -0.2) is 25.2 Å². The summed E-state index contributed by atoms with van der Waals surface area (Å²) in [5.74, 6) is -0.322. The molecule has 1 unspecified atom stereocenters. The molecule has 0 saturated carbocycles. The van der Waals surface area contributed by atoms with Crippen molar-refractivity contribution < 1.29 is 13.2 Å². The first-order valence-corrected chi connectivity index (χ1v) is 3.03. The number of alkyl halides is 3. The zero-order valence-electron chi connectivity index (χ0n) is 6.02. The average molecular weight is 166 g/mol. The molecule has 0 aliphatic rings. The van der Waals surface area contributed by atoms with Gasteiger partial charge in [-0.1, -0.05) is 6.92 Å². The van der Waals surface area contributed by atoms with E-state index in [1.165, 1.54) is 0 Å². The number of rotatable bonds is 3. The maximum Gasteiger partial charge on any atom is 0.407 e. The molecule has 0 saturated heterocycles. The average Bonchev–Trinajstić information content (AvgIpc) is 1.85. The molecule has 0 aromatic rings. The summed E-state index contributed by atoms with van der Waals surface area (Å²) in [4.78, 5) is 3.11. The highest BCUT2D eigenvalue weighted by Crippen LogP contribution is 2.13. The fraction of sp³-hybridized carbons (Fsp3) is 0.667. The third kappa shape index (κ3) is 7.02. The van der Waals surface area contributed by atoms with E-state index in [0.29, 0.717) is 0 Å². The van der Waals surface area contributed by atoms with Crippen molar-refractivity contribution in [3.63, 3.8) is 0 Å². The van der Waals surface area contributed by atoms with Crippen molar-refractivity contribution in [2.75, 3.05) is 6.54 Å². The monoisotopic (exact) mass is 166 g/mol. The van der Waals surface area contributed by atoms with Gasteiger partial charge in [0.1, 0.15) is 6.54 Å². The summed E-state index contributed by atoms with van der Waals surface area (Å²) in [5.41, 5.74) is 0.